The van der Waals surface area contributed by atoms with E-state index in [-0.39, 0.29) is 10.6 Å². The van der Waals surface area contributed by atoms with E-state index in [0.29, 0.717) is 35.6 Å². The summed E-state index contributed by atoms with van der Waals surface area (Å²) in [6.45, 7) is 0.429. The number of sulfone groups is 1. The third-order valence-corrected chi connectivity index (χ3v) is 4.76. The molecule has 3 aromatic rings. The van der Waals surface area contributed by atoms with Gasteiger partial charge in [0.2, 0.25) is 5.95 Å². The van der Waals surface area contributed by atoms with E-state index in [1.54, 1.807) is 36.5 Å². The molecule has 0 fully saturated rings. The lowest BCUT2D eigenvalue weighted by Crippen LogP contribution is -2.09. The van der Waals surface area contributed by atoms with E-state index in [2.05, 4.69) is 15.0 Å². The summed E-state index contributed by atoms with van der Waals surface area (Å²) in [4.78, 5) is 13.1. The number of nitrogen functional groups attached to an aromatic ring is 1. The van der Waals surface area contributed by atoms with E-state index >= 15 is 0 Å². The Hall–Kier alpha value is -2.52. The molecule has 2 heterocycles. The zero-order valence-corrected chi connectivity index (χ0v) is 14.1. The van der Waals surface area contributed by atoms with Crippen LogP contribution >= 0.6 is 0 Å². The van der Waals surface area contributed by atoms with Crippen LogP contribution in [0.3, 0.4) is 0 Å². The number of benzene rings is 1. The van der Waals surface area contributed by atoms with Gasteiger partial charge in [-0.05, 0) is 12.1 Å². The van der Waals surface area contributed by atoms with Crippen LogP contribution in [0.2, 0.25) is 0 Å². The second kappa shape index (κ2) is 6.17. The molecule has 2 aromatic heterocycles. The minimum atomic E-state index is -3.44. The largest absolute Gasteiger partial charge is 0.397 e. The number of nitrogens with two attached hydrogens (primary N) is 1. The Morgan fingerprint density at radius 3 is 2.71 bits per heavy atom. The SMILES string of the molecule is COCCc1nc(-n2ccnc2)nc2ccc(S(C)(=O)=O)c(N)c12. The summed E-state index contributed by atoms with van der Waals surface area (Å²) in [5, 5.41) is 0.541. The zero-order chi connectivity index (χ0) is 17.3. The Bertz CT molecular complexity index is 984. The summed E-state index contributed by atoms with van der Waals surface area (Å²) in [7, 11) is -1.85. The van der Waals surface area contributed by atoms with Crippen LogP contribution in [-0.2, 0) is 21.0 Å². The van der Waals surface area contributed by atoms with Crippen molar-refractivity contribution in [3.63, 3.8) is 0 Å². The standard InChI is InChI=1S/C15H17N5O3S/c1-23-8-5-11-13-10(3-4-12(14(13)16)24(2,21)22)18-15(19-11)20-7-6-17-9-20/h3-4,6-7,9H,5,8,16H2,1-2H3. The number of aromatic nitrogens is 4. The molecule has 0 aliphatic rings. The maximum Gasteiger partial charge on any atom is 0.235 e. The first-order valence-corrected chi connectivity index (χ1v) is 9.07. The lowest BCUT2D eigenvalue weighted by Gasteiger charge is -2.13. The Morgan fingerprint density at radius 2 is 2.08 bits per heavy atom. The number of ether oxygens (including phenoxy) is 1. The Kier molecular flexibility index (Phi) is 4.20. The van der Waals surface area contributed by atoms with Gasteiger partial charge in [-0.2, -0.15) is 0 Å². The molecule has 8 nitrogen and oxygen atoms in total. The highest BCUT2D eigenvalue weighted by molar-refractivity contribution is 7.90. The molecule has 3 rings (SSSR count). The number of anilines is 1. The van der Waals surface area contributed by atoms with E-state index < -0.39 is 9.84 Å². The molecule has 1 aromatic carbocycles. The maximum atomic E-state index is 11.9. The van der Waals surface area contributed by atoms with Crippen molar-refractivity contribution in [1.82, 2.24) is 19.5 Å². The second-order valence-corrected chi connectivity index (χ2v) is 7.31. The number of hydrogen-bond acceptors (Lipinski definition) is 7. The molecular weight excluding hydrogens is 330 g/mol. The second-order valence-electron chi connectivity index (χ2n) is 5.33. The van der Waals surface area contributed by atoms with Crippen LogP contribution in [0.15, 0.2) is 35.7 Å². The van der Waals surface area contributed by atoms with Gasteiger partial charge in [-0.1, -0.05) is 0 Å². The molecule has 0 amide bonds. The fraction of sp³-hybridized carbons (Fsp3) is 0.267. The van der Waals surface area contributed by atoms with Gasteiger partial charge in [0.25, 0.3) is 0 Å². The van der Waals surface area contributed by atoms with Crippen molar-refractivity contribution in [3.05, 3.63) is 36.5 Å². The minimum absolute atomic E-state index is 0.0765. The van der Waals surface area contributed by atoms with Crippen molar-refractivity contribution in [2.45, 2.75) is 11.3 Å². The van der Waals surface area contributed by atoms with Crippen LogP contribution in [0.4, 0.5) is 5.69 Å². The number of rotatable bonds is 5. The topological polar surface area (TPSA) is 113 Å². The average Bonchev–Trinajstić information content (AvgIpc) is 3.05. The van der Waals surface area contributed by atoms with Gasteiger partial charge >= 0.3 is 0 Å². The van der Waals surface area contributed by atoms with E-state index in [1.165, 1.54) is 6.07 Å². The Morgan fingerprint density at radius 1 is 1.29 bits per heavy atom. The van der Waals surface area contributed by atoms with Crippen LogP contribution in [0.5, 0.6) is 0 Å². The predicted molar refractivity (Wildman–Crippen MR) is 89.8 cm³/mol. The molecular formula is C15H17N5O3S. The fourth-order valence-electron chi connectivity index (χ4n) is 2.49. The van der Waals surface area contributed by atoms with Gasteiger partial charge in [-0.15, -0.1) is 0 Å². The van der Waals surface area contributed by atoms with Crippen molar-refractivity contribution in [2.75, 3.05) is 25.7 Å². The molecule has 0 aliphatic carbocycles. The molecule has 0 bridgehead atoms. The van der Waals surface area contributed by atoms with Crippen LogP contribution in [-0.4, -0.2) is 47.9 Å². The number of methoxy groups -OCH3 is 1. The zero-order valence-electron chi connectivity index (χ0n) is 13.3. The van der Waals surface area contributed by atoms with Gasteiger partial charge in [-0.25, -0.2) is 23.4 Å². The molecule has 0 unspecified atom stereocenters. The number of fused-ring (bicyclic) bond motifs is 1. The van der Waals surface area contributed by atoms with Crippen molar-refractivity contribution >= 4 is 26.4 Å². The predicted octanol–water partition coefficient (Wildman–Crippen LogP) is 0.990. The van der Waals surface area contributed by atoms with Gasteiger partial charge in [0.15, 0.2) is 9.84 Å². The van der Waals surface area contributed by atoms with E-state index in [9.17, 15) is 8.42 Å². The summed E-state index contributed by atoms with van der Waals surface area (Å²) < 4.78 is 30.6. The smallest absolute Gasteiger partial charge is 0.235 e. The van der Waals surface area contributed by atoms with Crippen molar-refractivity contribution in [2.24, 2.45) is 0 Å². The van der Waals surface area contributed by atoms with E-state index in [1.807, 2.05) is 0 Å². The van der Waals surface area contributed by atoms with Crippen LogP contribution in [0.1, 0.15) is 5.69 Å². The lowest BCUT2D eigenvalue weighted by atomic mass is 10.1. The third-order valence-electron chi connectivity index (χ3n) is 3.61. The van der Waals surface area contributed by atoms with Gasteiger partial charge < -0.3 is 10.5 Å². The molecule has 9 heteroatoms. The summed E-state index contributed by atoms with van der Waals surface area (Å²) >= 11 is 0. The highest BCUT2D eigenvalue weighted by atomic mass is 32.2. The summed E-state index contributed by atoms with van der Waals surface area (Å²) in [5.41, 5.74) is 7.50. The molecule has 2 N–H and O–H groups in total. The summed E-state index contributed by atoms with van der Waals surface area (Å²) in [6.07, 6.45) is 6.56. The Balaban J connectivity index is 2.30. The van der Waals surface area contributed by atoms with Crippen molar-refractivity contribution < 1.29 is 13.2 Å². The maximum absolute atomic E-state index is 11.9. The average molecular weight is 347 g/mol. The highest BCUT2D eigenvalue weighted by Crippen LogP contribution is 2.30. The number of imidazole rings is 1. The van der Waals surface area contributed by atoms with E-state index in [0.717, 1.165) is 6.26 Å². The fourth-order valence-corrected chi connectivity index (χ4v) is 3.31. The molecule has 0 radical (unpaired) electrons. The molecule has 126 valence electrons. The molecule has 0 saturated heterocycles. The third kappa shape index (κ3) is 2.95. The summed E-state index contributed by atoms with van der Waals surface area (Å²) in [5.74, 6) is 0.442. The van der Waals surface area contributed by atoms with Gasteiger partial charge in [0.1, 0.15) is 6.33 Å². The van der Waals surface area contributed by atoms with Crippen molar-refractivity contribution in [3.8, 4) is 5.95 Å². The quantitative estimate of drug-likeness (QED) is 0.685. The number of hydrogen-bond donors (Lipinski definition) is 1. The van der Waals surface area contributed by atoms with Crippen LogP contribution in [0, 0.1) is 0 Å². The molecule has 0 saturated carbocycles. The van der Waals surface area contributed by atoms with Crippen LogP contribution in [0.25, 0.3) is 16.9 Å². The molecule has 0 atom stereocenters. The van der Waals surface area contributed by atoms with E-state index in [4.69, 9.17) is 10.5 Å². The number of nitrogens with zero attached hydrogens (tertiary/aromatic N) is 4. The lowest BCUT2D eigenvalue weighted by molar-refractivity contribution is 0.201. The summed E-state index contributed by atoms with van der Waals surface area (Å²) in [6, 6.07) is 3.11. The monoisotopic (exact) mass is 347 g/mol. The van der Waals surface area contributed by atoms with Crippen LogP contribution < -0.4 is 5.73 Å². The normalized spacial score (nSPS) is 11.9. The van der Waals surface area contributed by atoms with Gasteiger partial charge in [-0.3, -0.25) is 4.57 Å². The molecule has 0 aliphatic heterocycles. The van der Waals surface area contributed by atoms with Crippen molar-refractivity contribution in [1.29, 1.82) is 0 Å². The molecule has 0 spiro atoms. The minimum Gasteiger partial charge on any atom is -0.397 e. The van der Waals surface area contributed by atoms with Gasteiger partial charge in [0.05, 0.1) is 28.4 Å². The Labute approximate surface area is 139 Å². The highest BCUT2D eigenvalue weighted by Gasteiger charge is 2.18. The van der Waals surface area contributed by atoms with Gasteiger partial charge in [0, 0.05) is 37.6 Å². The first kappa shape index (κ1) is 16.3. The molecule has 24 heavy (non-hydrogen) atoms. The first-order valence-electron chi connectivity index (χ1n) is 7.18. The first-order chi connectivity index (χ1) is 11.4.